The van der Waals surface area contributed by atoms with Crippen LogP contribution in [0.4, 0.5) is 0 Å². The van der Waals surface area contributed by atoms with Crippen LogP contribution in [-0.4, -0.2) is 35.2 Å². The lowest BCUT2D eigenvalue weighted by molar-refractivity contribution is 0.0219. The molecule has 0 spiro atoms. The monoisotopic (exact) mass is 616 g/mol. The first-order chi connectivity index (χ1) is 21.7. The number of hydrogen-bond acceptors (Lipinski definition) is 5. The summed E-state index contributed by atoms with van der Waals surface area (Å²) in [7, 11) is 0. The molecular formula is C39H52O6. The summed E-state index contributed by atoms with van der Waals surface area (Å²) < 4.78 is 11.3. The summed E-state index contributed by atoms with van der Waals surface area (Å²) in [5.41, 5.74) is 3.44. The summed E-state index contributed by atoms with van der Waals surface area (Å²) in [6.45, 7) is 12.8. The molecule has 6 heteroatoms. The van der Waals surface area contributed by atoms with Crippen LogP contribution >= 0.6 is 0 Å². The molecule has 0 radical (unpaired) electrons. The number of carbonyl (C=O) groups is 3. The number of esters is 2. The van der Waals surface area contributed by atoms with Gasteiger partial charge in [0.25, 0.3) is 0 Å². The summed E-state index contributed by atoms with van der Waals surface area (Å²) in [4.78, 5) is 35.3. The summed E-state index contributed by atoms with van der Waals surface area (Å²) in [6.07, 6.45) is 7.85. The maximum Gasteiger partial charge on any atom is 0.338 e. The highest BCUT2D eigenvalue weighted by Crippen LogP contribution is 2.23. The molecule has 0 saturated heterocycles. The molecule has 0 fully saturated rings. The van der Waals surface area contributed by atoms with Gasteiger partial charge in [0, 0.05) is 0 Å². The van der Waals surface area contributed by atoms with Crippen LogP contribution in [0.3, 0.4) is 0 Å². The Morgan fingerprint density at radius 3 is 1.22 bits per heavy atom. The molecule has 6 nitrogen and oxygen atoms in total. The topological polar surface area (TPSA) is 89.9 Å². The third-order valence-electron chi connectivity index (χ3n) is 8.56. The van der Waals surface area contributed by atoms with E-state index < -0.39 is 5.97 Å². The van der Waals surface area contributed by atoms with Gasteiger partial charge in [-0.3, -0.25) is 0 Å². The Bertz CT molecular complexity index is 1280. The van der Waals surface area contributed by atoms with E-state index in [0.29, 0.717) is 23.0 Å². The van der Waals surface area contributed by atoms with E-state index in [2.05, 4.69) is 46.8 Å². The van der Waals surface area contributed by atoms with Crippen molar-refractivity contribution in [2.75, 3.05) is 0 Å². The van der Waals surface area contributed by atoms with E-state index >= 15 is 0 Å². The fourth-order valence-corrected chi connectivity index (χ4v) is 5.20. The minimum atomic E-state index is -1.00. The summed E-state index contributed by atoms with van der Waals surface area (Å²) in [5.74, 6) is -0.410. The lowest BCUT2D eigenvalue weighted by Gasteiger charge is -2.21. The van der Waals surface area contributed by atoms with Gasteiger partial charge in [-0.25, -0.2) is 14.4 Å². The highest BCUT2D eigenvalue weighted by Gasteiger charge is 2.19. The van der Waals surface area contributed by atoms with Crippen LogP contribution < -0.4 is 0 Å². The van der Waals surface area contributed by atoms with Gasteiger partial charge in [0.05, 0.1) is 16.7 Å². The normalized spacial score (nSPS) is 12.2. The van der Waals surface area contributed by atoms with Gasteiger partial charge in [-0.2, -0.15) is 0 Å². The average molecular weight is 617 g/mol. The Kier molecular flexibility index (Phi) is 16.7. The number of ether oxygens (including phenoxy) is 2. The van der Waals surface area contributed by atoms with Crippen molar-refractivity contribution < 1.29 is 29.0 Å². The van der Waals surface area contributed by atoms with Crippen LogP contribution in [0, 0.1) is 11.8 Å². The molecule has 3 aromatic carbocycles. The zero-order valence-electron chi connectivity index (χ0n) is 28.0. The van der Waals surface area contributed by atoms with Crippen molar-refractivity contribution in [3.63, 3.8) is 0 Å². The predicted molar refractivity (Wildman–Crippen MR) is 182 cm³/mol. The molecule has 3 aromatic rings. The first-order valence-corrected chi connectivity index (χ1v) is 16.6. The first-order valence-electron chi connectivity index (χ1n) is 16.6. The second-order valence-electron chi connectivity index (χ2n) is 11.5. The van der Waals surface area contributed by atoms with Gasteiger partial charge >= 0.3 is 17.9 Å². The van der Waals surface area contributed by atoms with Gasteiger partial charge in [0.15, 0.2) is 0 Å². The Labute approximate surface area is 270 Å². The number of carboxylic acid groups (broad SMARTS) is 1. The Hall–Kier alpha value is -3.93. The zero-order valence-corrected chi connectivity index (χ0v) is 28.0. The smallest absolute Gasteiger partial charge is 0.338 e. The Balaban J connectivity index is 0.000000317. The van der Waals surface area contributed by atoms with Crippen molar-refractivity contribution in [2.45, 2.75) is 105 Å². The first kappa shape index (κ1) is 37.3. The highest BCUT2D eigenvalue weighted by molar-refractivity contribution is 5.92. The van der Waals surface area contributed by atoms with Gasteiger partial charge in [-0.1, -0.05) is 110 Å². The fourth-order valence-electron chi connectivity index (χ4n) is 5.20. The zero-order chi connectivity index (χ0) is 33.2. The molecule has 0 unspecified atom stereocenters. The van der Waals surface area contributed by atoms with Gasteiger partial charge < -0.3 is 14.6 Å². The summed E-state index contributed by atoms with van der Waals surface area (Å²) in [5, 5.41) is 8.84. The standard InChI is InChI=1S/C22H28O2.C17H24O4/c1-4-17(5-2)16-21(6-3)24-22(23)20-14-12-19(13-15-20)18-10-8-7-9-11-18;1-4-12(5-2)11-15(6-3)21-17(20)14-9-7-13(8-10-14)16(18)19/h7-15,17,21H,4-6,16H2,1-3H3;7-10,12,15H,4-6,11H2,1-3H3,(H,18,19)/t21-;15-/m11/s1. The molecule has 0 bridgehead atoms. The molecule has 3 rings (SSSR count). The Morgan fingerprint density at radius 1 is 0.511 bits per heavy atom. The Morgan fingerprint density at radius 2 is 0.867 bits per heavy atom. The van der Waals surface area contributed by atoms with Crippen molar-refractivity contribution in [2.24, 2.45) is 11.8 Å². The minimum Gasteiger partial charge on any atom is -0.478 e. The molecule has 45 heavy (non-hydrogen) atoms. The largest absolute Gasteiger partial charge is 0.478 e. The number of hydrogen-bond donors (Lipinski definition) is 1. The third kappa shape index (κ3) is 12.5. The molecular weight excluding hydrogens is 564 g/mol. The van der Waals surface area contributed by atoms with E-state index in [9.17, 15) is 14.4 Å². The van der Waals surface area contributed by atoms with Crippen molar-refractivity contribution >= 4 is 17.9 Å². The third-order valence-corrected chi connectivity index (χ3v) is 8.56. The van der Waals surface area contributed by atoms with Gasteiger partial charge in [0.2, 0.25) is 0 Å². The number of benzene rings is 3. The molecule has 0 heterocycles. The summed E-state index contributed by atoms with van der Waals surface area (Å²) in [6, 6.07) is 23.7. The fraction of sp³-hybridized carbons (Fsp3) is 0.462. The van der Waals surface area contributed by atoms with Crippen molar-refractivity contribution in [1.29, 1.82) is 0 Å². The van der Waals surface area contributed by atoms with Gasteiger partial charge in [-0.05, 0) is 85.0 Å². The predicted octanol–water partition coefficient (Wildman–Crippen LogP) is 10.3. The number of carboxylic acids is 1. The molecule has 0 amide bonds. The van der Waals surface area contributed by atoms with Crippen LogP contribution in [0.5, 0.6) is 0 Å². The van der Waals surface area contributed by atoms with Crippen molar-refractivity contribution in [3.05, 3.63) is 95.6 Å². The molecule has 0 aliphatic carbocycles. The van der Waals surface area contributed by atoms with E-state index in [4.69, 9.17) is 14.6 Å². The maximum absolute atomic E-state index is 12.4. The van der Waals surface area contributed by atoms with Crippen LogP contribution in [-0.2, 0) is 9.47 Å². The van der Waals surface area contributed by atoms with Crippen LogP contribution in [0.2, 0.25) is 0 Å². The number of aromatic carboxylic acids is 1. The van der Waals surface area contributed by atoms with E-state index in [1.807, 2.05) is 49.4 Å². The average Bonchev–Trinajstić information content (AvgIpc) is 3.09. The van der Waals surface area contributed by atoms with Crippen LogP contribution in [0.1, 0.15) is 124 Å². The SMILES string of the molecule is CCC(CC)C[C@@H](CC)OC(=O)c1ccc(-c2ccccc2)cc1.CCC(CC)C[C@@H](CC)OC(=O)c1ccc(C(=O)O)cc1. The van der Waals surface area contributed by atoms with Crippen LogP contribution in [0.15, 0.2) is 78.9 Å². The summed E-state index contributed by atoms with van der Waals surface area (Å²) >= 11 is 0. The van der Waals surface area contributed by atoms with Gasteiger partial charge in [0.1, 0.15) is 12.2 Å². The molecule has 244 valence electrons. The lowest BCUT2D eigenvalue weighted by Crippen LogP contribution is -2.20. The maximum atomic E-state index is 12.4. The van der Waals surface area contributed by atoms with Gasteiger partial charge in [-0.15, -0.1) is 0 Å². The second-order valence-corrected chi connectivity index (χ2v) is 11.5. The number of rotatable bonds is 16. The molecule has 2 atom stereocenters. The van der Waals surface area contributed by atoms with E-state index in [0.717, 1.165) is 62.5 Å². The van der Waals surface area contributed by atoms with E-state index in [1.54, 1.807) is 0 Å². The molecule has 0 aliphatic rings. The molecule has 0 saturated carbocycles. The molecule has 1 N–H and O–H groups in total. The lowest BCUT2D eigenvalue weighted by atomic mass is 9.95. The highest BCUT2D eigenvalue weighted by atomic mass is 16.5. The van der Waals surface area contributed by atoms with Crippen LogP contribution in [0.25, 0.3) is 11.1 Å². The number of carbonyl (C=O) groups excluding carboxylic acids is 2. The van der Waals surface area contributed by atoms with E-state index in [-0.39, 0.29) is 29.7 Å². The second kappa shape index (κ2) is 20.2. The van der Waals surface area contributed by atoms with E-state index in [1.165, 1.54) is 24.3 Å². The molecule has 0 aromatic heterocycles. The minimum absolute atomic E-state index is 0.0104. The van der Waals surface area contributed by atoms with Crippen molar-refractivity contribution in [1.82, 2.24) is 0 Å². The van der Waals surface area contributed by atoms with Crippen molar-refractivity contribution in [3.8, 4) is 11.1 Å². The quantitative estimate of drug-likeness (QED) is 0.161. The molecule has 0 aliphatic heterocycles.